The molecule has 4 atom stereocenters. The first-order valence-electron chi connectivity index (χ1n) is 15.9. The molecule has 0 N–H and O–H groups in total. The number of ether oxygens (including phenoxy) is 2. The number of carbonyl (C=O) groups is 2. The van der Waals surface area contributed by atoms with Crippen molar-refractivity contribution in [3.05, 3.63) is 60.0 Å². The molecule has 230 valence electrons. The summed E-state index contributed by atoms with van der Waals surface area (Å²) in [5, 5.41) is 5.46. The molecule has 9 rings (SSSR count). The Bertz CT molecular complexity index is 2000. The van der Waals surface area contributed by atoms with E-state index in [2.05, 4.69) is 31.3 Å². The molecule has 5 aromatic rings. The molecule has 3 saturated carbocycles. The van der Waals surface area contributed by atoms with Gasteiger partial charge in [0.05, 0.1) is 38.2 Å². The van der Waals surface area contributed by atoms with E-state index in [-0.39, 0.29) is 18.4 Å². The van der Waals surface area contributed by atoms with Crippen LogP contribution in [0.2, 0.25) is 0 Å². The minimum atomic E-state index is -0.363. The number of benzene rings is 1. The molecule has 4 aromatic heterocycles. The van der Waals surface area contributed by atoms with Crippen LogP contribution in [0.1, 0.15) is 41.6 Å². The third kappa shape index (κ3) is 4.19. The highest BCUT2D eigenvalue weighted by Crippen LogP contribution is 2.60. The molecule has 11 nitrogen and oxygen atoms in total. The van der Waals surface area contributed by atoms with E-state index >= 15 is 0 Å². The highest BCUT2D eigenvalue weighted by Gasteiger charge is 2.61. The summed E-state index contributed by atoms with van der Waals surface area (Å²) in [4.78, 5) is 38.0. The molecule has 1 aromatic carbocycles. The zero-order valence-electron chi connectivity index (χ0n) is 25.4. The van der Waals surface area contributed by atoms with Crippen LogP contribution < -0.4 is 4.74 Å². The van der Waals surface area contributed by atoms with Crippen LogP contribution in [-0.4, -0.2) is 72.5 Å². The number of esters is 1. The van der Waals surface area contributed by atoms with Gasteiger partial charge < -0.3 is 23.5 Å². The van der Waals surface area contributed by atoms with Gasteiger partial charge in [-0.05, 0) is 79.7 Å². The number of hydrogen-bond acceptors (Lipinski definition) is 7. The Hall–Kier alpha value is -4.67. The van der Waals surface area contributed by atoms with Crippen LogP contribution in [0.4, 0.5) is 0 Å². The third-order valence-corrected chi connectivity index (χ3v) is 10.6. The smallest absolute Gasteiger partial charge is 0.327 e. The number of pyridine rings is 1. The van der Waals surface area contributed by atoms with Gasteiger partial charge in [-0.1, -0.05) is 0 Å². The molecule has 0 bridgehead atoms. The number of methoxy groups -OCH3 is 2. The van der Waals surface area contributed by atoms with Gasteiger partial charge in [-0.2, -0.15) is 5.10 Å². The maximum absolute atomic E-state index is 14.0. The summed E-state index contributed by atoms with van der Waals surface area (Å²) in [6.07, 6.45) is 10.3. The minimum absolute atomic E-state index is 0.0318. The average molecular weight is 606 g/mol. The lowest BCUT2D eigenvalue weighted by Crippen LogP contribution is -2.53. The normalized spacial score (nSPS) is 23.2. The molecule has 1 saturated heterocycles. The maximum Gasteiger partial charge on any atom is 0.327 e. The first-order chi connectivity index (χ1) is 22.0. The van der Waals surface area contributed by atoms with E-state index in [1.54, 1.807) is 18.0 Å². The van der Waals surface area contributed by atoms with Crippen molar-refractivity contribution in [1.29, 1.82) is 0 Å². The molecule has 4 aliphatic rings. The summed E-state index contributed by atoms with van der Waals surface area (Å²) >= 11 is 0. The number of likely N-dealkylation sites (tertiary alicyclic amines) is 1. The SMILES string of the molecule is COC(=O)Cn1cc(Cn2c(-c3cc4cccnc4n3CC3CC3)nc3cc(C(=O)N4CC5CC6CC4[C@H]65)cc(OC)c32)cn1. The molecule has 45 heavy (non-hydrogen) atoms. The van der Waals surface area contributed by atoms with E-state index in [0.29, 0.717) is 47.2 Å². The molecule has 3 unspecified atom stereocenters. The summed E-state index contributed by atoms with van der Waals surface area (Å²) in [5.41, 5.74) is 4.95. The largest absolute Gasteiger partial charge is 0.494 e. The van der Waals surface area contributed by atoms with Crippen LogP contribution in [0.15, 0.2) is 48.9 Å². The number of amides is 1. The predicted molar refractivity (Wildman–Crippen MR) is 166 cm³/mol. The van der Waals surface area contributed by atoms with Crippen LogP contribution in [-0.2, 0) is 29.2 Å². The highest BCUT2D eigenvalue weighted by atomic mass is 16.5. The van der Waals surface area contributed by atoms with Gasteiger partial charge in [0.1, 0.15) is 23.5 Å². The van der Waals surface area contributed by atoms with Gasteiger partial charge >= 0.3 is 5.97 Å². The molecule has 0 radical (unpaired) electrons. The van der Waals surface area contributed by atoms with Crippen molar-refractivity contribution >= 4 is 33.9 Å². The van der Waals surface area contributed by atoms with E-state index in [1.807, 2.05) is 30.6 Å². The number of carbonyl (C=O) groups excluding carboxylic acids is 2. The van der Waals surface area contributed by atoms with Crippen LogP contribution in [0, 0.1) is 23.7 Å². The number of nitrogens with zero attached hydrogens (tertiary/aromatic N) is 7. The fourth-order valence-electron chi connectivity index (χ4n) is 8.19. The monoisotopic (exact) mass is 605 g/mol. The molecular weight excluding hydrogens is 570 g/mol. The second-order valence-electron chi connectivity index (χ2n) is 13.3. The Morgan fingerprint density at radius 3 is 2.73 bits per heavy atom. The molecule has 11 heteroatoms. The number of imidazole rings is 1. The maximum atomic E-state index is 14.0. The summed E-state index contributed by atoms with van der Waals surface area (Å²) in [7, 11) is 3.02. The van der Waals surface area contributed by atoms with Crippen molar-refractivity contribution in [1.82, 2.24) is 33.8 Å². The van der Waals surface area contributed by atoms with Gasteiger partial charge in [0.25, 0.3) is 5.91 Å². The lowest BCUT2D eigenvalue weighted by Gasteiger charge is -2.52. The van der Waals surface area contributed by atoms with Crippen molar-refractivity contribution in [3.63, 3.8) is 0 Å². The van der Waals surface area contributed by atoms with Crippen LogP contribution in [0.5, 0.6) is 5.75 Å². The topological polar surface area (TPSA) is 109 Å². The zero-order chi connectivity index (χ0) is 30.4. The number of rotatable bonds is 9. The van der Waals surface area contributed by atoms with Crippen LogP contribution >= 0.6 is 0 Å². The Morgan fingerprint density at radius 1 is 1.07 bits per heavy atom. The molecule has 0 spiro atoms. The minimum Gasteiger partial charge on any atom is -0.494 e. The highest BCUT2D eigenvalue weighted by molar-refractivity contribution is 6.00. The summed E-state index contributed by atoms with van der Waals surface area (Å²) in [5.74, 6) is 3.89. The van der Waals surface area contributed by atoms with Crippen molar-refractivity contribution in [2.45, 2.75) is 51.4 Å². The van der Waals surface area contributed by atoms with Crippen LogP contribution in [0.25, 0.3) is 33.6 Å². The lowest BCUT2D eigenvalue weighted by molar-refractivity contribution is -0.141. The summed E-state index contributed by atoms with van der Waals surface area (Å²) in [6, 6.07) is 10.4. The Labute approximate surface area is 259 Å². The van der Waals surface area contributed by atoms with Gasteiger partial charge in [-0.15, -0.1) is 0 Å². The molecule has 3 aliphatic carbocycles. The second-order valence-corrected chi connectivity index (χ2v) is 13.3. The van der Waals surface area contributed by atoms with Gasteiger partial charge in [-0.25, -0.2) is 9.97 Å². The van der Waals surface area contributed by atoms with E-state index in [9.17, 15) is 9.59 Å². The molecular formula is C34H35N7O4. The Morgan fingerprint density at radius 2 is 1.96 bits per heavy atom. The van der Waals surface area contributed by atoms with E-state index in [0.717, 1.165) is 59.1 Å². The lowest BCUT2D eigenvalue weighted by atomic mass is 9.53. The van der Waals surface area contributed by atoms with E-state index in [1.165, 1.54) is 26.4 Å². The third-order valence-electron chi connectivity index (χ3n) is 10.6. The Kier molecular flexibility index (Phi) is 5.89. The zero-order valence-corrected chi connectivity index (χ0v) is 25.4. The van der Waals surface area contributed by atoms with E-state index in [4.69, 9.17) is 19.4 Å². The standard InChI is InChI=1S/C34H35N7O4/c1-44-28-12-23(34(43)40-17-24-8-22-11-26(40)30(22)24)9-25-31(28)41(16-20-13-36-38(14-20)18-29(42)45-2)33(37-25)27-10-21-4-3-7-35-32(21)39(27)15-19-5-6-19/h3-4,7,9-10,12-14,19,22,24,26,30H,5-6,8,11,15-18H2,1-2H3/t22?,24?,26?,30-/m1/s1. The number of aromatic nitrogens is 6. The average Bonchev–Trinajstić information content (AvgIpc) is 3.47. The van der Waals surface area contributed by atoms with Crippen molar-refractivity contribution in [2.24, 2.45) is 23.7 Å². The van der Waals surface area contributed by atoms with Crippen molar-refractivity contribution in [2.75, 3.05) is 20.8 Å². The van der Waals surface area contributed by atoms with Gasteiger partial charge in [0.2, 0.25) is 0 Å². The summed E-state index contributed by atoms with van der Waals surface area (Å²) in [6.45, 7) is 2.20. The summed E-state index contributed by atoms with van der Waals surface area (Å²) < 4.78 is 16.8. The first kappa shape index (κ1) is 26.7. The fraction of sp³-hybridized carbons (Fsp3) is 0.441. The van der Waals surface area contributed by atoms with Gasteiger partial charge in [0.15, 0.2) is 5.82 Å². The van der Waals surface area contributed by atoms with Crippen molar-refractivity contribution in [3.8, 4) is 17.3 Å². The van der Waals surface area contributed by atoms with Crippen molar-refractivity contribution < 1.29 is 19.1 Å². The quantitative estimate of drug-likeness (QED) is 0.230. The predicted octanol–water partition coefficient (Wildman–Crippen LogP) is 4.37. The first-order valence-corrected chi connectivity index (χ1v) is 15.9. The molecule has 4 fully saturated rings. The van der Waals surface area contributed by atoms with Gasteiger partial charge in [0, 0.05) is 48.0 Å². The number of hydrogen-bond donors (Lipinski definition) is 0. The molecule has 1 amide bonds. The Balaban J connectivity index is 1.18. The van der Waals surface area contributed by atoms with Crippen LogP contribution in [0.3, 0.4) is 0 Å². The van der Waals surface area contributed by atoms with E-state index < -0.39 is 0 Å². The fourth-order valence-corrected chi connectivity index (χ4v) is 8.19. The van der Waals surface area contributed by atoms with Gasteiger partial charge in [-0.3, -0.25) is 14.3 Å². The molecule has 1 aliphatic heterocycles. The number of fused-ring (bicyclic) bond motifs is 2. The molecule has 5 heterocycles. The second kappa shape index (κ2) is 9.92.